The van der Waals surface area contributed by atoms with E-state index in [1.54, 1.807) is 0 Å². The summed E-state index contributed by atoms with van der Waals surface area (Å²) >= 11 is 0. The van der Waals surface area contributed by atoms with Crippen LogP contribution in [0.1, 0.15) is 24.8 Å². The van der Waals surface area contributed by atoms with E-state index in [1.807, 2.05) is 0 Å². The number of benzene rings is 1. The van der Waals surface area contributed by atoms with Crippen LogP contribution in [0.4, 0.5) is 13.2 Å². The number of nitrogens with zero attached hydrogens (tertiary/aromatic N) is 2. The number of halogens is 3. The highest BCUT2D eigenvalue weighted by Gasteiger charge is 2.36. The van der Waals surface area contributed by atoms with Gasteiger partial charge in [0.1, 0.15) is 5.75 Å². The number of alkyl halides is 3. The highest BCUT2D eigenvalue weighted by atomic mass is 19.4. The minimum Gasteiger partial charge on any atom is -0.406 e. The fourth-order valence-corrected chi connectivity index (χ4v) is 3.69. The molecule has 25 heavy (non-hydrogen) atoms. The van der Waals surface area contributed by atoms with Crippen molar-refractivity contribution in [3.8, 4) is 5.75 Å². The molecule has 1 aromatic heterocycles. The van der Waals surface area contributed by atoms with Gasteiger partial charge in [0.2, 0.25) is 0 Å². The van der Waals surface area contributed by atoms with Crippen LogP contribution in [0.5, 0.6) is 5.75 Å². The number of aromatic amines is 1. The molecule has 2 bridgehead atoms. The Bertz CT molecular complexity index is 756. The van der Waals surface area contributed by atoms with Gasteiger partial charge in [0.05, 0.1) is 17.3 Å². The average molecular weight is 357 g/mol. The number of rotatable bonds is 4. The van der Waals surface area contributed by atoms with Crippen LogP contribution in [0.2, 0.25) is 0 Å². The lowest BCUT2D eigenvalue weighted by Gasteiger charge is -2.44. The largest absolute Gasteiger partial charge is 0.573 e. The van der Waals surface area contributed by atoms with Crippen molar-refractivity contribution in [3.05, 3.63) is 23.9 Å². The Morgan fingerprint density at radius 1 is 1.28 bits per heavy atom. The van der Waals surface area contributed by atoms with Gasteiger partial charge in [0.15, 0.2) is 6.29 Å². The molecule has 3 fully saturated rings. The van der Waals surface area contributed by atoms with Crippen molar-refractivity contribution in [2.24, 2.45) is 5.92 Å². The Hall–Kier alpha value is -1.84. The zero-order valence-electron chi connectivity index (χ0n) is 13.3. The summed E-state index contributed by atoms with van der Waals surface area (Å²) < 4.78 is 46.9. The number of piperidine rings is 3. The first-order chi connectivity index (χ1) is 11.9. The second-order valence-electron chi connectivity index (χ2n) is 6.53. The summed E-state index contributed by atoms with van der Waals surface area (Å²) in [5, 5.41) is 17.4. The summed E-state index contributed by atoms with van der Waals surface area (Å²) in [6, 6.07) is 3.78. The number of ether oxygens (including phenoxy) is 2. The molecule has 9 heteroatoms. The predicted octanol–water partition coefficient (Wildman–Crippen LogP) is 2.56. The summed E-state index contributed by atoms with van der Waals surface area (Å²) in [6.07, 6.45) is -4.08. The molecule has 0 saturated carbocycles. The first kappa shape index (κ1) is 16.6. The van der Waals surface area contributed by atoms with E-state index in [0.29, 0.717) is 16.8 Å². The average Bonchev–Trinajstić information content (AvgIpc) is 2.97. The Morgan fingerprint density at radius 3 is 2.68 bits per heavy atom. The highest BCUT2D eigenvalue weighted by molar-refractivity contribution is 5.83. The molecule has 5 rings (SSSR count). The van der Waals surface area contributed by atoms with Gasteiger partial charge in [-0.2, -0.15) is 5.10 Å². The normalized spacial score (nSPS) is 27.6. The van der Waals surface area contributed by atoms with Gasteiger partial charge in [0, 0.05) is 11.9 Å². The topological polar surface area (TPSA) is 70.6 Å². The fourth-order valence-electron chi connectivity index (χ4n) is 3.69. The van der Waals surface area contributed by atoms with Crippen LogP contribution in [-0.2, 0) is 4.74 Å². The quantitative estimate of drug-likeness (QED) is 0.823. The minimum atomic E-state index is -4.78. The molecule has 3 aliphatic heterocycles. The maximum absolute atomic E-state index is 12.4. The van der Waals surface area contributed by atoms with Crippen molar-refractivity contribution < 1.29 is 27.8 Å². The Kier molecular flexibility index (Phi) is 4.09. The molecular weight excluding hydrogens is 339 g/mol. The monoisotopic (exact) mass is 357 g/mol. The molecule has 0 radical (unpaired) electrons. The van der Waals surface area contributed by atoms with Gasteiger partial charge in [-0.3, -0.25) is 5.10 Å². The van der Waals surface area contributed by atoms with Crippen LogP contribution in [0.15, 0.2) is 18.2 Å². The molecule has 0 aliphatic carbocycles. The predicted molar refractivity (Wildman–Crippen MR) is 81.8 cm³/mol. The summed E-state index contributed by atoms with van der Waals surface area (Å²) in [4.78, 5) is 2.29. The number of H-pyrrole nitrogens is 1. The smallest absolute Gasteiger partial charge is 0.406 e. The number of nitrogens with one attached hydrogen (secondary N) is 1. The highest BCUT2D eigenvalue weighted by Crippen LogP contribution is 2.34. The van der Waals surface area contributed by atoms with Crippen molar-refractivity contribution >= 4 is 10.9 Å². The van der Waals surface area contributed by atoms with Gasteiger partial charge in [0.25, 0.3) is 0 Å². The first-order valence-electron chi connectivity index (χ1n) is 8.19. The molecule has 6 nitrogen and oxygen atoms in total. The van der Waals surface area contributed by atoms with E-state index in [0.717, 1.165) is 32.5 Å². The molecular formula is C16H18F3N3O3. The maximum atomic E-state index is 12.4. The third kappa shape index (κ3) is 3.44. The minimum absolute atomic E-state index is 0.0922. The number of hydrogen-bond donors (Lipinski definition) is 2. The number of aliphatic hydroxyl groups is 1. The zero-order chi connectivity index (χ0) is 17.6. The SMILES string of the molecule is OC(O[C@H]1CN2CCC1CC2)c1[nH]nc2ccc(OC(F)(F)F)cc12. The third-order valence-corrected chi connectivity index (χ3v) is 4.94. The van der Waals surface area contributed by atoms with E-state index < -0.39 is 12.7 Å². The zero-order valence-corrected chi connectivity index (χ0v) is 13.3. The molecule has 3 saturated heterocycles. The van der Waals surface area contributed by atoms with Crippen molar-refractivity contribution in [2.75, 3.05) is 19.6 Å². The van der Waals surface area contributed by atoms with Crippen molar-refractivity contribution in [1.29, 1.82) is 0 Å². The van der Waals surface area contributed by atoms with Crippen LogP contribution in [0, 0.1) is 5.92 Å². The van der Waals surface area contributed by atoms with Gasteiger partial charge < -0.3 is 19.5 Å². The van der Waals surface area contributed by atoms with Crippen molar-refractivity contribution in [2.45, 2.75) is 31.6 Å². The number of hydrogen-bond acceptors (Lipinski definition) is 5. The van der Waals surface area contributed by atoms with Crippen LogP contribution in [0.3, 0.4) is 0 Å². The summed E-state index contributed by atoms with van der Waals surface area (Å²) in [5.74, 6) is 0.0376. The molecule has 136 valence electrons. The number of aromatic nitrogens is 2. The second kappa shape index (κ2) is 6.15. The molecule has 4 heterocycles. The van der Waals surface area contributed by atoms with Gasteiger partial charge in [-0.25, -0.2) is 0 Å². The van der Waals surface area contributed by atoms with Crippen molar-refractivity contribution in [1.82, 2.24) is 15.1 Å². The molecule has 3 aliphatic rings. The Morgan fingerprint density at radius 2 is 2.04 bits per heavy atom. The second-order valence-corrected chi connectivity index (χ2v) is 6.53. The van der Waals surface area contributed by atoms with Gasteiger partial charge >= 0.3 is 6.36 Å². The van der Waals surface area contributed by atoms with Crippen LogP contribution in [0.25, 0.3) is 10.9 Å². The van der Waals surface area contributed by atoms with E-state index >= 15 is 0 Å². The van der Waals surface area contributed by atoms with Crippen LogP contribution >= 0.6 is 0 Å². The van der Waals surface area contributed by atoms with E-state index in [1.165, 1.54) is 18.2 Å². The van der Waals surface area contributed by atoms with Crippen LogP contribution < -0.4 is 4.74 Å². The molecule has 0 spiro atoms. The number of aliphatic hydroxyl groups excluding tert-OH is 1. The van der Waals surface area contributed by atoms with Crippen LogP contribution in [-0.4, -0.2) is 52.3 Å². The van der Waals surface area contributed by atoms with E-state index in [9.17, 15) is 18.3 Å². The molecule has 2 atom stereocenters. The molecule has 2 aromatic rings. The Labute approximate surface area is 141 Å². The van der Waals surface area contributed by atoms with E-state index in [2.05, 4.69) is 19.8 Å². The molecule has 1 unspecified atom stereocenters. The van der Waals surface area contributed by atoms with Gasteiger partial charge in [-0.1, -0.05) is 0 Å². The summed E-state index contributed by atoms with van der Waals surface area (Å²) in [7, 11) is 0. The van der Waals surface area contributed by atoms with Gasteiger partial charge in [-0.15, -0.1) is 13.2 Å². The third-order valence-electron chi connectivity index (χ3n) is 4.94. The summed E-state index contributed by atoms with van der Waals surface area (Å²) in [5.41, 5.74) is 0.667. The lowest BCUT2D eigenvalue weighted by Crippen LogP contribution is -2.51. The number of fused-ring (bicyclic) bond motifs is 4. The first-order valence-corrected chi connectivity index (χ1v) is 8.19. The lowest BCUT2D eigenvalue weighted by molar-refractivity contribution is -0.274. The molecule has 1 aromatic carbocycles. The maximum Gasteiger partial charge on any atom is 0.573 e. The fraction of sp³-hybridized carbons (Fsp3) is 0.562. The Balaban J connectivity index is 1.54. The van der Waals surface area contributed by atoms with Gasteiger partial charge in [-0.05, 0) is 50.0 Å². The van der Waals surface area contributed by atoms with E-state index in [-0.39, 0.29) is 17.5 Å². The lowest BCUT2D eigenvalue weighted by atomic mass is 9.86. The molecule has 0 amide bonds. The standard InChI is InChI=1S/C16H18F3N3O3/c17-16(18,19)25-10-1-2-12-11(7-10)14(21-20-12)15(23)24-13-8-22-5-3-9(13)4-6-22/h1-2,7,9,13,15,23H,3-6,8H2,(H,20,21)/t13-,15?/m0/s1. The summed E-state index contributed by atoms with van der Waals surface area (Å²) in [6.45, 7) is 2.85. The van der Waals surface area contributed by atoms with Crippen molar-refractivity contribution in [3.63, 3.8) is 0 Å². The van der Waals surface area contributed by atoms with E-state index in [4.69, 9.17) is 4.74 Å². The molecule has 2 N–H and O–H groups in total.